The van der Waals surface area contributed by atoms with E-state index in [0.29, 0.717) is 0 Å². The highest BCUT2D eigenvalue weighted by atomic mass is 19.1. The molecule has 16 heavy (non-hydrogen) atoms. The Hall–Kier alpha value is -1.38. The normalized spacial score (nSPS) is 30.2. The molecule has 0 N–H and O–H groups in total. The first-order chi connectivity index (χ1) is 7.69. The lowest BCUT2D eigenvalue weighted by Crippen LogP contribution is -2.14. The van der Waals surface area contributed by atoms with Crippen molar-refractivity contribution in [2.75, 3.05) is 7.11 Å². The molecule has 1 saturated carbocycles. The maximum Gasteiger partial charge on any atom is 0.309 e. The average molecular weight is 220 g/mol. The summed E-state index contributed by atoms with van der Waals surface area (Å²) < 4.78 is 18.6. The number of halogens is 1. The van der Waals surface area contributed by atoms with Gasteiger partial charge in [-0.25, -0.2) is 4.39 Å². The van der Waals surface area contributed by atoms with Crippen LogP contribution >= 0.6 is 0 Å². The van der Waals surface area contributed by atoms with Crippen LogP contribution in [0.4, 0.5) is 4.39 Å². The third kappa shape index (κ3) is 1.09. The van der Waals surface area contributed by atoms with Gasteiger partial charge in [-0.05, 0) is 36.5 Å². The van der Waals surface area contributed by atoms with E-state index < -0.39 is 0 Å². The van der Waals surface area contributed by atoms with Gasteiger partial charge in [0.1, 0.15) is 5.82 Å². The molecule has 0 amide bonds. The number of carbonyl (C=O) groups excluding carboxylic acids is 1. The van der Waals surface area contributed by atoms with Gasteiger partial charge in [-0.1, -0.05) is 12.1 Å². The minimum Gasteiger partial charge on any atom is -0.469 e. The van der Waals surface area contributed by atoms with Crippen LogP contribution in [0.15, 0.2) is 18.2 Å². The number of hydrogen-bond donors (Lipinski definition) is 0. The molecule has 2 aliphatic rings. The molecule has 2 atom stereocenters. The summed E-state index contributed by atoms with van der Waals surface area (Å²) in [4.78, 5) is 11.5. The first-order valence-electron chi connectivity index (χ1n) is 5.55. The highest BCUT2D eigenvalue weighted by molar-refractivity contribution is 5.80. The Labute approximate surface area is 93.4 Å². The van der Waals surface area contributed by atoms with Gasteiger partial charge in [0.05, 0.1) is 13.0 Å². The third-order valence-electron chi connectivity index (χ3n) is 4.00. The molecule has 1 fully saturated rings. The Balaban J connectivity index is 2.02. The van der Waals surface area contributed by atoms with Crippen LogP contribution < -0.4 is 0 Å². The van der Waals surface area contributed by atoms with E-state index in [2.05, 4.69) is 0 Å². The molecule has 0 aromatic heterocycles. The van der Waals surface area contributed by atoms with Crippen molar-refractivity contribution >= 4 is 5.97 Å². The fourth-order valence-electron chi connectivity index (χ4n) is 3.13. The average Bonchev–Trinajstić information content (AvgIpc) is 2.88. The Kier molecular flexibility index (Phi) is 1.88. The van der Waals surface area contributed by atoms with E-state index in [4.69, 9.17) is 4.74 Å². The predicted molar refractivity (Wildman–Crippen MR) is 56.5 cm³/mol. The monoisotopic (exact) mass is 220 g/mol. The molecular weight excluding hydrogens is 207 g/mol. The van der Waals surface area contributed by atoms with Crippen molar-refractivity contribution in [2.45, 2.75) is 24.7 Å². The molecule has 0 aliphatic heterocycles. The number of esters is 1. The largest absolute Gasteiger partial charge is 0.469 e. The first kappa shape index (κ1) is 9.82. The fourth-order valence-corrected chi connectivity index (χ4v) is 3.13. The summed E-state index contributed by atoms with van der Waals surface area (Å²) >= 11 is 0. The van der Waals surface area contributed by atoms with Crippen LogP contribution in [0, 0.1) is 11.7 Å². The number of hydrogen-bond acceptors (Lipinski definition) is 2. The summed E-state index contributed by atoms with van der Waals surface area (Å²) in [5.41, 5.74) is 1.59. The lowest BCUT2D eigenvalue weighted by atomic mass is 9.95. The highest BCUT2D eigenvalue weighted by Gasteiger charge is 2.63. The highest BCUT2D eigenvalue weighted by Crippen LogP contribution is 2.62. The number of ether oxygens (including phenoxy) is 1. The SMILES string of the molecule is COC(=O)C1CC12CCc1cccc(F)c12. The van der Waals surface area contributed by atoms with Gasteiger partial charge < -0.3 is 4.74 Å². The molecule has 0 saturated heterocycles. The molecule has 1 aromatic carbocycles. The molecule has 0 heterocycles. The quantitative estimate of drug-likeness (QED) is 0.678. The van der Waals surface area contributed by atoms with Crippen molar-refractivity contribution in [3.8, 4) is 0 Å². The molecule has 2 aliphatic carbocycles. The van der Waals surface area contributed by atoms with Crippen molar-refractivity contribution in [2.24, 2.45) is 5.92 Å². The number of carbonyl (C=O) groups is 1. The Bertz CT molecular complexity index is 469. The summed E-state index contributed by atoms with van der Waals surface area (Å²) in [5, 5.41) is 0. The van der Waals surface area contributed by atoms with E-state index in [1.807, 2.05) is 6.07 Å². The van der Waals surface area contributed by atoms with Crippen molar-refractivity contribution in [1.82, 2.24) is 0 Å². The van der Waals surface area contributed by atoms with Crippen molar-refractivity contribution in [3.63, 3.8) is 0 Å². The smallest absolute Gasteiger partial charge is 0.309 e. The van der Waals surface area contributed by atoms with Crippen LogP contribution in [0.3, 0.4) is 0 Å². The van der Waals surface area contributed by atoms with Gasteiger partial charge in [-0.3, -0.25) is 4.79 Å². The molecule has 0 bridgehead atoms. The molecule has 84 valence electrons. The molecule has 1 spiro atoms. The zero-order chi connectivity index (χ0) is 11.3. The lowest BCUT2D eigenvalue weighted by molar-refractivity contribution is -0.142. The second-order valence-corrected chi connectivity index (χ2v) is 4.71. The van der Waals surface area contributed by atoms with Crippen molar-refractivity contribution in [1.29, 1.82) is 0 Å². The summed E-state index contributed by atoms with van der Waals surface area (Å²) in [6.07, 6.45) is 2.50. The van der Waals surface area contributed by atoms with E-state index in [-0.39, 0.29) is 23.1 Å². The molecule has 1 aromatic rings. The van der Waals surface area contributed by atoms with Crippen LogP contribution in [0.25, 0.3) is 0 Å². The minimum atomic E-state index is -0.242. The van der Waals surface area contributed by atoms with E-state index in [1.165, 1.54) is 13.2 Å². The van der Waals surface area contributed by atoms with Gasteiger partial charge in [-0.2, -0.15) is 0 Å². The Morgan fingerprint density at radius 1 is 1.56 bits per heavy atom. The number of aryl methyl sites for hydroxylation is 1. The van der Waals surface area contributed by atoms with Crippen LogP contribution in [0.2, 0.25) is 0 Å². The number of methoxy groups -OCH3 is 1. The maximum atomic E-state index is 13.8. The first-order valence-corrected chi connectivity index (χ1v) is 5.55. The molecule has 3 heteroatoms. The van der Waals surface area contributed by atoms with Gasteiger partial charge in [0.2, 0.25) is 0 Å². The van der Waals surface area contributed by atoms with Gasteiger partial charge in [0, 0.05) is 5.41 Å². The fraction of sp³-hybridized carbons (Fsp3) is 0.462. The van der Waals surface area contributed by atoms with Gasteiger partial charge in [-0.15, -0.1) is 0 Å². The maximum absolute atomic E-state index is 13.8. The summed E-state index contributed by atoms with van der Waals surface area (Å²) in [6, 6.07) is 5.18. The Morgan fingerprint density at radius 2 is 2.38 bits per heavy atom. The topological polar surface area (TPSA) is 26.3 Å². The zero-order valence-corrected chi connectivity index (χ0v) is 9.13. The molecule has 3 rings (SSSR count). The van der Waals surface area contributed by atoms with Crippen LogP contribution in [0.1, 0.15) is 24.0 Å². The minimum absolute atomic E-state index is 0.129. The predicted octanol–water partition coefficient (Wildman–Crippen LogP) is 2.20. The standard InChI is InChI=1S/C13H13FO2/c1-16-12(15)9-7-13(9)6-5-8-3-2-4-10(14)11(8)13/h2-4,9H,5-7H2,1H3. The van der Waals surface area contributed by atoms with Gasteiger partial charge in [0.15, 0.2) is 0 Å². The third-order valence-corrected chi connectivity index (χ3v) is 4.00. The van der Waals surface area contributed by atoms with Crippen LogP contribution in [0.5, 0.6) is 0 Å². The summed E-state index contributed by atoms with van der Waals surface area (Å²) in [7, 11) is 1.39. The summed E-state index contributed by atoms with van der Waals surface area (Å²) in [6.45, 7) is 0. The number of rotatable bonds is 1. The number of benzene rings is 1. The molecular formula is C13H13FO2. The van der Waals surface area contributed by atoms with Crippen LogP contribution in [-0.2, 0) is 21.4 Å². The molecule has 2 nitrogen and oxygen atoms in total. The summed E-state index contributed by atoms with van der Waals surface area (Å²) in [5.74, 6) is -0.492. The van der Waals surface area contributed by atoms with Gasteiger partial charge in [0.25, 0.3) is 0 Å². The molecule has 2 unspecified atom stereocenters. The van der Waals surface area contributed by atoms with Crippen LogP contribution in [-0.4, -0.2) is 13.1 Å². The molecule has 0 radical (unpaired) electrons. The van der Waals surface area contributed by atoms with Crippen molar-refractivity contribution in [3.05, 3.63) is 35.1 Å². The van der Waals surface area contributed by atoms with Crippen molar-refractivity contribution < 1.29 is 13.9 Å². The second kappa shape index (κ2) is 3.06. The zero-order valence-electron chi connectivity index (χ0n) is 9.13. The van der Waals surface area contributed by atoms with E-state index in [9.17, 15) is 9.18 Å². The van der Waals surface area contributed by atoms with E-state index in [1.54, 1.807) is 6.07 Å². The lowest BCUT2D eigenvalue weighted by Gasteiger charge is -2.11. The Morgan fingerprint density at radius 3 is 3.12 bits per heavy atom. The second-order valence-electron chi connectivity index (χ2n) is 4.71. The van der Waals surface area contributed by atoms with E-state index in [0.717, 1.165) is 30.4 Å². The number of fused-ring (bicyclic) bond motifs is 2. The van der Waals surface area contributed by atoms with E-state index >= 15 is 0 Å². The van der Waals surface area contributed by atoms with Gasteiger partial charge >= 0.3 is 5.97 Å².